The normalized spacial score (nSPS) is 11.6. The molecule has 0 atom stereocenters. The van der Waals surface area contributed by atoms with E-state index in [0.29, 0.717) is 5.70 Å². The number of rotatable bonds is 2. The van der Waals surface area contributed by atoms with E-state index in [1.165, 1.54) is 0 Å². The average Bonchev–Trinajstić information content (AvgIpc) is 2.17. The Hall–Kier alpha value is -2.12. The number of quaternary nitrogens is 1. The number of benzene rings is 1. The number of nitriles is 1. The van der Waals surface area contributed by atoms with Crippen LogP contribution in [0.4, 0.5) is 5.69 Å². The number of amidine groups is 1. The van der Waals surface area contributed by atoms with Gasteiger partial charge in [-0.15, -0.1) is 0 Å². The van der Waals surface area contributed by atoms with Gasteiger partial charge in [-0.3, -0.25) is 5.32 Å². The van der Waals surface area contributed by atoms with Gasteiger partial charge in [-0.2, -0.15) is 5.26 Å². The summed E-state index contributed by atoms with van der Waals surface area (Å²) in [6.45, 7) is 3.60. The molecule has 4 nitrogen and oxygen atoms in total. The molecule has 0 unspecified atom stereocenters. The van der Waals surface area contributed by atoms with Gasteiger partial charge in [0.25, 0.3) is 0 Å². The standard InChI is InChI=1S/C12H14N4/c1-8-4-3-5-10(6-8)16-12(15)11(7-13)9(2)14/h3-6H,14H2,1-2H3,(H2,15,16)/p+1. The Morgan fingerprint density at radius 3 is 2.69 bits per heavy atom. The molecule has 0 amide bonds. The molecule has 0 aliphatic carbocycles. The minimum atomic E-state index is 0.146. The molecule has 1 aromatic carbocycles. The van der Waals surface area contributed by atoms with E-state index in [4.69, 9.17) is 16.4 Å². The van der Waals surface area contributed by atoms with Crippen LogP contribution in [-0.4, -0.2) is 5.84 Å². The van der Waals surface area contributed by atoms with E-state index in [1.807, 2.05) is 37.3 Å². The van der Waals surface area contributed by atoms with E-state index in [9.17, 15) is 0 Å². The van der Waals surface area contributed by atoms with Crippen molar-refractivity contribution in [3.05, 3.63) is 41.1 Å². The van der Waals surface area contributed by atoms with Gasteiger partial charge in [-0.1, -0.05) is 12.1 Å². The lowest BCUT2D eigenvalue weighted by atomic mass is 10.2. The van der Waals surface area contributed by atoms with Crippen LogP contribution in [0.2, 0.25) is 0 Å². The Morgan fingerprint density at radius 2 is 2.19 bits per heavy atom. The van der Waals surface area contributed by atoms with Gasteiger partial charge in [0.1, 0.15) is 11.8 Å². The maximum absolute atomic E-state index is 8.85. The predicted molar refractivity (Wildman–Crippen MR) is 63.0 cm³/mol. The van der Waals surface area contributed by atoms with E-state index < -0.39 is 0 Å². The summed E-state index contributed by atoms with van der Waals surface area (Å²) in [5.41, 5.74) is 8.14. The van der Waals surface area contributed by atoms with Crippen LogP contribution in [0.15, 0.2) is 35.5 Å². The highest BCUT2D eigenvalue weighted by Crippen LogP contribution is 2.04. The molecule has 16 heavy (non-hydrogen) atoms. The summed E-state index contributed by atoms with van der Waals surface area (Å²) in [7, 11) is 0. The second kappa shape index (κ2) is 5.10. The van der Waals surface area contributed by atoms with Crippen LogP contribution in [0.25, 0.3) is 0 Å². The van der Waals surface area contributed by atoms with E-state index in [2.05, 4.69) is 0 Å². The minimum Gasteiger partial charge on any atom is -0.401 e. The van der Waals surface area contributed by atoms with Gasteiger partial charge in [-0.05, 0) is 25.5 Å². The number of hydrogen-bond acceptors (Lipinski definition) is 3. The van der Waals surface area contributed by atoms with Crippen LogP contribution in [0.3, 0.4) is 0 Å². The molecule has 0 spiro atoms. The zero-order chi connectivity index (χ0) is 12.1. The van der Waals surface area contributed by atoms with Crippen molar-refractivity contribution < 1.29 is 5.32 Å². The van der Waals surface area contributed by atoms with Crippen molar-refractivity contribution in [1.29, 1.82) is 10.7 Å². The molecule has 0 heterocycles. The first kappa shape index (κ1) is 12.0. The number of nitrogens with two attached hydrogens (primary N) is 2. The molecule has 0 bridgehead atoms. The molecular weight excluding hydrogens is 200 g/mol. The minimum absolute atomic E-state index is 0.146. The summed E-state index contributed by atoms with van der Waals surface area (Å²) in [4.78, 5) is 0. The maximum Gasteiger partial charge on any atom is 0.241 e. The van der Waals surface area contributed by atoms with Gasteiger partial charge in [0.2, 0.25) is 5.84 Å². The fraction of sp³-hybridized carbons (Fsp3) is 0.167. The van der Waals surface area contributed by atoms with E-state index in [-0.39, 0.29) is 11.4 Å². The smallest absolute Gasteiger partial charge is 0.241 e. The highest BCUT2D eigenvalue weighted by molar-refractivity contribution is 5.93. The molecular formula is C12H15N4+. The van der Waals surface area contributed by atoms with E-state index in [1.54, 1.807) is 12.2 Å². The fourth-order valence-electron chi connectivity index (χ4n) is 1.36. The molecule has 0 aliphatic heterocycles. The van der Waals surface area contributed by atoms with Crippen molar-refractivity contribution in [3.8, 4) is 6.07 Å². The van der Waals surface area contributed by atoms with Crippen LogP contribution >= 0.6 is 0 Å². The predicted octanol–water partition coefficient (Wildman–Crippen LogP) is 0.923. The van der Waals surface area contributed by atoms with Crippen LogP contribution < -0.4 is 11.1 Å². The number of nitrogens with one attached hydrogen (secondary N) is 1. The number of nitrogens with zero attached hydrogens (tertiary/aromatic N) is 1. The summed E-state index contributed by atoms with van der Waals surface area (Å²) in [5, 5.41) is 18.3. The zero-order valence-electron chi connectivity index (χ0n) is 9.41. The number of aryl methyl sites for hydroxylation is 1. The molecule has 5 N–H and O–H groups in total. The lowest BCUT2D eigenvalue weighted by Crippen LogP contribution is -2.82. The Kier molecular flexibility index (Phi) is 3.81. The third-order valence-corrected chi connectivity index (χ3v) is 2.13. The lowest BCUT2D eigenvalue weighted by Gasteiger charge is -2.02. The molecule has 1 rings (SSSR count). The van der Waals surface area contributed by atoms with Gasteiger partial charge in [0.15, 0.2) is 5.57 Å². The SMILES string of the molecule is CC(N)=C(C#N)C(=N)[NH2+]c1cccc(C)c1. The first-order chi connectivity index (χ1) is 7.54. The van der Waals surface area contributed by atoms with Gasteiger partial charge in [0, 0.05) is 11.8 Å². The molecule has 0 fully saturated rings. The Bertz CT molecular complexity index is 476. The summed E-state index contributed by atoms with van der Waals surface area (Å²) >= 11 is 0. The van der Waals surface area contributed by atoms with Crippen molar-refractivity contribution in [2.75, 3.05) is 0 Å². The van der Waals surface area contributed by atoms with Crippen molar-refractivity contribution in [2.45, 2.75) is 13.8 Å². The largest absolute Gasteiger partial charge is 0.401 e. The van der Waals surface area contributed by atoms with E-state index >= 15 is 0 Å². The molecule has 1 aromatic rings. The summed E-state index contributed by atoms with van der Waals surface area (Å²) in [6, 6.07) is 9.68. The number of allylic oxidation sites excluding steroid dienone is 1. The zero-order valence-corrected chi connectivity index (χ0v) is 9.41. The molecule has 0 radical (unpaired) electrons. The quantitative estimate of drug-likeness (QED) is 0.296. The summed E-state index contributed by atoms with van der Waals surface area (Å²) in [5.74, 6) is 0.146. The van der Waals surface area contributed by atoms with Crippen LogP contribution in [0, 0.1) is 23.7 Å². The van der Waals surface area contributed by atoms with Gasteiger partial charge < -0.3 is 5.73 Å². The highest BCUT2D eigenvalue weighted by Gasteiger charge is 2.12. The maximum atomic E-state index is 8.85. The molecule has 82 valence electrons. The van der Waals surface area contributed by atoms with Crippen molar-refractivity contribution in [3.63, 3.8) is 0 Å². The summed E-state index contributed by atoms with van der Waals surface area (Å²) < 4.78 is 0. The van der Waals surface area contributed by atoms with Crippen LogP contribution in [0.5, 0.6) is 0 Å². The highest BCUT2D eigenvalue weighted by atomic mass is 14.9. The average molecular weight is 215 g/mol. The van der Waals surface area contributed by atoms with Crippen molar-refractivity contribution in [2.24, 2.45) is 5.73 Å². The lowest BCUT2D eigenvalue weighted by molar-refractivity contribution is -0.443. The molecule has 0 saturated heterocycles. The second-order valence-electron chi connectivity index (χ2n) is 3.64. The topological polar surface area (TPSA) is 90.3 Å². The first-order valence-corrected chi connectivity index (χ1v) is 4.91. The van der Waals surface area contributed by atoms with Gasteiger partial charge in [0.05, 0.1) is 0 Å². The molecule has 0 aromatic heterocycles. The van der Waals surface area contributed by atoms with Crippen LogP contribution in [0.1, 0.15) is 12.5 Å². The Labute approximate surface area is 94.9 Å². The van der Waals surface area contributed by atoms with Crippen LogP contribution in [-0.2, 0) is 0 Å². The van der Waals surface area contributed by atoms with Gasteiger partial charge >= 0.3 is 0 Å². The van der Waals surface area contributed by atoms with Crippen molar-refractivity contribution >= 4 is 11.5 Å². The molecule has 0 saturated carbocycles. The monoisotopic (exact) mass is 215 g/mol. The molecule has 0 aliphatic rings. The molecule has 4 heteroatoms. The fourth-order valence-corrected chi connectivity index (χ4v) is 1.36. The third kappa shape index (κ3) is 2.94. The van der Waals surface area contributed by atoms with E-state index in [0.717, 1.165) is 11.3 Å². The first-order valence-electron chi connectivity index (χ1n) is 4.91. The second-order valence-corrected chi connectivity index (χ2v) is 3.64. The Morgan fingerprint density at radius 1 is 1.50 bits per heavy atom. The van der Waals surface area contributed by atoms with Crippen molar-refractivity contribution in [1.82, 2.24) is 0 Å². The number of hydrogen-bond donors (Lipinski definition) is 3. The summed E-state index contributed by atoms with van der Waals surface area (Å²) in [6.07, 6.45) is 0. The third-order valence-electron chi connectivity index (χ3n) is 2.13. The van der Waals surface area contributed by atoms with Gasteiger partial charge in [-0.25, -0.2) is 5.41 Å². The Balaban J connectivity index is 2.88.